The van der Waals surface area contributed by atoms with Crippen LogP contribution in [0.25, 0.3) is 0 Å². The van der Waals surface area contributed by atoms with Crippen molar-refractivity contribution >= 4 is 11.9 Å². The van der Waals surface area contributed by atoms with Gasteiger partial charge in [0, 0.05) is 12.3 Å². The molecule has 68 valence electrons. The molecule has 5 heteroatoms. The lowest BCUT2D eigenvalue weighted by Gasteiger charge is -2.11. The van der Waals surface area contributed by atoms with Gasteiger partial charge in [-0.15, -0.1) is 0 Å². The first-order chi connectivity index (χ1) is 5.53. The number of rotatable bonds is 3. The minimum Gasteiger partial charge on any atom is -0.478 e. The van der Waals surface area contributed by atoms with Gasteiger partial charge in [0.25, 0.3) is 0 Å². The van der Waals surface area contributed by atoms with E-state index in [-0.39, 0.29) is 12.5 Å². The lowest BCUT2D eigenvalue weighted by molar-refractivity contribution is -0.167. The van der Waals surface area contributed by atoms with E-state index in [0.717, 1.165) is 0 Å². The van der Waals surface area contributed by atoms with E-state index in [1.807, 2.05) is 0 Å². The summed E-state index contributed by atoms with van der Waals surface area (Å²) in [6.45, 7) is 1.44. The predicted molar refractivity (Wildman–Crippen MR) is 39.3 cm³/mol. The van der Waals surface area contributed by atoms with Crippen LogP contribution in [-0.2, 0) is 14.3 Å². The van der Waals surface area contributed by atoms with Gasteiger partial charge in [0.05, 0.1) is 6.54 Å². The second kappa shape index (κ2) is 2.75. The van der Waals surface area contributed by atoms with Gasteiger partial charge in [-0.2, -0.15) is 0 Å². The number of carbonyl (C=O) groups excluding carboxylic acids is 1. The normalized spacial score (nSPS) is 32.7. The van der Waals surface area contributed by atoms with Crippen molar-refractivity contribution in [2.45, 2.75) is 18.9 Å². The van der Waals surface area contributed by atoms with Crippen LogP contribution in [-0.4, -0.2) is 29.2 Å². The third-order valence-corrected chi connectivity index (χ3v) is 2.07. The lowest BCUT2D eigenvalue weighted by Crippen LogP contribution is -2.33. The highest BCUT2D eigenvalue weighted by Gasteiger charge is 2.61. The van der Waals surface area contributed by atoms with Crippen molar-refractivity contribution in [1.29, 1.82) is 0 Å². The summed E-state index contributed by atoms with van der Waals surface area (Å²) in [4.78, 5) is 21.3. The SMILES string of the molecule is C[C@@H]1C[C@]1(OC(=O)CN)C(=O)O. The summed E-state index contributed by atoms with van der Waals surface area (Å²) in [5.41, 5.74) is 3.70. The van der Waals surface area contributed by atoms with Gasteiger partial charge >= 0.3 is 11.9 Å². The van der Waals surface area contributed by atoms with Crippen LogP contribution in [0.3, 0.4) is 0 Å². The molecule has 0 amide bonds. The molecule has 1 saturated carbocycles. The molecule has 0 bridgehead atoms. The predicted octanol–water partition coefficient (Wildman–Crippen LogP) is -0.648. The Morgan fingerprint density at radius 2 is 2.25 bits per heavy atom. The van der Waals surface area contributed by atoms with E-state index in [2.05, 4.69) is 0 Å². The van der Waals surface area contributed by atoms with Gasteiger partial charge in [0.2, 0.25) is 5.60 Å². The number of aliphatic carboxylic acids is 1. The molecule has 0 aliphatic heterocycles. The van der Waals surface area contributed by atoms with Gasteiger partial charge in [-0.3, -0.25) is 4.79 Å². The second-order valence-electron chi connectivity index (χ2n) is 2.98. The smallest absolute Gasteiger partial charge is 0.348 e. The standard InChI is InChI=1S/C7H11NO4/c1-4-2-7(4,6(10)11)12-5(9)3-8/h4H,2-3,8H2,1H3,(H,10,11)/t4-,7-/m1/s1. The van der Waals surface area contributed by atoms with Crippen molar-refractivity contribution in [2.24, 2.45) is 11.7 Å². The zero-order valence-corrected chi connectivity index (χ0v) is 6.74. The number of carbonyl (C=O) groups is 2. The summed E-state index contributed by atoms with van der Waals surface area (Å²) in [7, 11) is 0. The van der Waals surface area contributed by atoms with E-state index in [1.54, 1.807) is 6.92 Å². The van der Waals surface area contributed by atoms with Crippen molar-refractivity contribution in [1.82, 2.24) is 0 Å². The molecule has 5 nitrogen and oxygen atoms in total. The highest BCUT2D eigenvalue weighted by molar-refractivity contribution is 5.86. The molecule has 2 atom stereocenters. The number of hydrogen-bond acceptors (Lipinski definition) is 4. The number of carboxylic acids is 1. The summed E-state index contributed by atoms with van der Waals surface area (Å²) in [5, 5.41) is 8.70. The quantitative estimate of drug-likeness (QED) is 0.553. The Labute approximate surface area is 69.5 Å². The van der Waals surface area contributed by atoms with Crippen LogP contribution in [0.1, 0.15) is 13.3 Å². The van der Waals surface area contributed by atoms with E-state index in [4.69, 9.17) is 15.6 Å². The minimum absolute atomic E-state index is 0.106. The molecule has 3 N–H and O–H groups in total. The highest BCUT2D eigenvalue weighted by Crippen LogP contribution is 2.46. The molecular weight excluding hydrogens is 162 g/mol. The molecule has 0 heterocycles. The summed E-state index contributed by atoms with van der Waals surface area (Å²) < 4.78 is 4.71. The highest BCUT2D eigenvalue weighted by atomic mass is 16.6. The van der Waals surface area contributed by atoms with E-state index in [1.165, 1.54) is 0 Å². The number of carboxylic acid groups (broad SMARTS) is 1. The first-order valence-electron chi connectivity index (χ1n) is 3.68. The molecule has 1 aliphatic rings. The first kappa shape index (κ1) is 8.99. The van der Waals surface area contributed by atoms with Gasteiger partial charge in [-0.1, -0.05) is 6.92 Å². The molecular formula is C7H11NO4. The number of nitrogens with two attached hydrogens (primary N) is 1. The van der Waals surface area contributed by atoms with Crippen LogP contribution in [0.2, 0.25) is 0 Å². The Balaban J connectivity index is 2.60. The summed E-state index contributed by atoms with van der Waals surface area (Å²) in [5.74, 6) is -1.86. The van der Waals surface area contributed by atoms with Crippen molar-refractivity contribution in [2.75, 3.05) is 6.54 Å². The van der Waals surface area contributed by atoms with Gasteiger partial charge in [0.15, 0.2) is 0 Å². The maximum Gasteiger partial charge on any atom is 0.348 e. The van der Waals surface area contributed by atoms with Gasteiger partial charge in [-0.05, 0) is 0 Å². The number of hydrogen-bond donors (Lipinski definition) is 2. The molecule has 0 aromatic rings. The fourth-order valence-electron chi connectivity index (χ4n) is 1.12. The third-order valence-electron chi connectivity index (χ3n) is 2.07. The molecule has 0 aromatic carbocycles. The molecule has 12 heavy (non-hydrogen) atoms. The van der Waals surface area contributed by atoms with E-state index >= 15 is 0 Å². The van der Waals surface area contributed by atoms with Crippen LogP contribution < -0.4 is 5.73 Å². The topological polar surface area (TPSA) is 89.6 Å². The summed E-state index contributed by atoms with van der Waals surface area (Å²) in [6, 6.07) is 0. The van der Waals surface area contributed by atoms with Crippen LogP contribution in [0.4, 0.5) is 0 Å². The van der Waals surface area contributed by atoms with E-state index in [0.29, 0.717) is 6.42 Å². The molecule has 0 saturated heterocycles. The summed E-state index contributed by atoms with van der Waals surface area (Å²) in [6.07, 6.45) is 0.383. The molecule has 0 spiro atoms. The van der Waals surface area contributed by atoms with E-state index < -0.39 is 17.5 Å². The van der Waals surface area contributed by atoms with Gasteiger partial charge < -0.3 is 15.6 Å². The minimum atomic E-state index is -1.28. The zero-order chi connectivity index (χ0) is 9.35. The largest absolute Gasteiger partial charge is 0.478 e. The fraction of sp³-hybridized carbons (Fsp3) is 0.714. The fourth-order valence-corrected chi connectivity index (χ4v) is 1.12. The van der Waals surface area contributed by atoms with Crippen LogP contribution >= 0.6 is 0 Å². The van der Waals surface area contributed by atoms with Crippen molar-refractivity contribution in [3.63, 3.8) is 0 Å². The van der Waals surface area contributed by atoms with Crippen LogP contribution in [0.15, 0.2) is 0 Å². The van der Waals surface area contributed by atoms with Gasteiger partial charge in [0.1, 0.15) is 0 Å². The Kier molecular flexibility index (Phi) is 2.06. The average Bonchev–Trinajstić information content (AvgIpc) is 2.63. The molecule has 1 rings (SSSR count). The monoisotopic (exact) mass is 173 g/mol. The molecule has 0 unspecified atom stereocenters. The molecule has 0 radical (unpaired) electrons. The summed E-state index contributed by atoms with van der Waals surface area (Å²) >= 11 is 0. The Hall–Kier alpha value is -1.10. The van der Waals surface area contributed by atoms with Crippen molar-refractivity contribution in [3.8, 4) is 0 Å². The maximum absolute atomic E-state index is 10.7. The van der Waals surface area contributed by atoms with Crippen molar-refractivity contribution < 1.29 is 19.4 Å². The second-order valence-corrected chi connectivity index (χ2v) is 2.98. The number of esters is 1. The first-order valence-corrected chi connectivity index (χ1v) is 3.68. The van der Waals surface area contributed by atoms with Crippen LogP contribution in [0.5, 0.6) is 0 Å². The lowest BCUT2D eigenvalue weighted by atomic mass is 10.3. The molecule has 0 aromatic heterocycles. The average molecular weight is 173 g/mol. The van der Waals surface area contributed by atoms with Gasteiger partial charge in [-0.25, -0.2) is 4.79 Å². The number of ether oxygens (including phenoxy) is 1. The molecule has 1 aliphatic carbocycles. The van der Waals surface area contributed by atoms with E-state index in [9.17, 15) is 9.59 Å². The maximum atomic E-state index is 10.7. The third kappa shape index (κ3) is 1.27. The Morgan fingerprint density at radius 3 is 2.50 bits per heavy atom. The Bertz CT molecular complexity index is 227. The Morgan fingerprint density at radius 1 is 1.75 bits per heavy atom. The zero-order valence-electron chi connectivity index (χ0n) is 6.74. The molecule has 1 fully saturated rings. The van der Waals surface area contributed by atoms with Crippen molar-refractivity contribution in [3.05, 3.63) is 0 Å². The van der Waals surface area contributed by atoms with Crippen LogP contribution in [0, 0.1) is 5.92 Å².